The normalized spacial score (nSPS) is 23.4. The molecule has 0 bridgehead atoms. The van der Waals surface area contributed by atoms with Gasteiger partial charge in [-0.1, -0.05) is 20.8 Å². The van der Waals surface area contributed by atoms with E-state index < -0.39 is 0 Å². The number of nitrogens with zero attached hydrogens (tertiary/aromatic N) is 1. The summed E-state index contributed by atoms with van der Waals surface area (Å²) in [5, 5.41) is 0. The average molecular weight is 262 g/mol. The molecule has 1 aliphatic heterocycles. The Labute approximate surface area is 116 Å². The number of nitrogen functional groups attached to an aromatic ring is 1. The lowest BCUT2D eigenvalue weighted by atomic mass is 9.88. The summed E-state index contributed by atoms with van der Waals surface area (Å²) in [7, 11) is 0. The summed E-state index contributed by atoms with van der Waals surface area (Å²) in [6.07, 6.45) is 2.26. The molecule has 0 amide bonds. The van der Waals surface area contributed by atoms with Crippen molar-refractivity contribution < 1.29 is 4.74 Å². The SMILES string of the molecule is CCCOc1cc(N2CCC(C)C(C)C2)ccc1N. The molecule has 1 aromatic rings. The maximum atomic E-state index is 5.97. The molecule has 1 heterocycles. The van der Waals surface area contributed by atoms with Crippen LogP contribution in [0.3, 0.4) is 0 Å². The molecule has 3 heteroatoms. The van der Waals surface area contributed by atoms with Crippen LogP contribution in [-0.2, 0) is 0 Å². The Bertz CT molecular complexity index is 419. The predicted octanol–water partition coefficient (Wildman–Crippen LogP) is 3.54. The fourth-order valence-electron chi connectivity index (χ4n) is 2.55. The van der Waals surface area contributed by atoms with Crippen LogP contribution < -0.4 is 15.4 Å². The summed E-state index contributed by atoms with van der Waals surface area (Å²) in [6, 6.07) is 6.16. The lowest BCUT2D eigenvalue weighted by Gasteiger charge is -2.37. The van der Waals surface area contributed by atoms with Gasteiger partial charge in [0.2, 0.25) is 0 Å². The average Bonchev–Trinajstić information content (AvgIpc) is 2.41. The first kappa shape index (κ1) is 14.0. The van der Waals surface area contributed by atoms with Gasteiger partial charge in [0.15, 0.2) is 0 Å². The predicted molar refractivity (Wildman–Crippen MR) is 81.8 cm³/mol. The molecule has 1 fully saturated rings. The van der Waals surface area contributed by atoms with E-state index in [4.69, 9.17) is 10.5 Å². The first-order valence-electron chi connectivity index (χ1n) is 7.39. The van der Waals surface area contributed by atoms with Gasteiger partial charge in [-0.05, 0) is 36.8 Å². The van der Waals surface area contributed by atoms with Gasteiger partial charge in [0, 0.05) is 24.8 Å². The molecular weight excluding hydrogens is 236 g/mol. The van der Waals surface area contributed by atoms with E-state index in [-0.39, 0.29) is 0 Å². The number of rotatable bonds is 4. The van der Waals surface area contributed by atoms with Crippen molar-refractivity contribution in [1.29, 1.82) is 0 Å². The first-order chi connectivity index (χ1) is 9.11. The molecule has 1 aromatic carbocycles. The van der Waals surface area contributed by atoms with Crippen LogP contribution in [0.15, 0.2) is 18.2 Å². The van der Waals surface area contributed by atoms with Crippen LogP contribution in [0.25, 0.3) is 0 Å². The van der Waals surface area contributed by atoms with Gasteiger partial charge in [0.25, 0.3) is 0 Å². The molecule has 0 saturated carbocycles. The Morgan fingerprint density at radius 3 is 2.79 bits per heavy atom. The van der Waals surface area contributed by atoms with E-state index >= 15 is 0 Å². The maximum Gasteiger partial charge on any atom is 0.144 e. The molecule has 0 aromatic heterocycles. The van der Waals surface area contributed by atoms with Gasteiger partial charge in [0.1, 0.15) is 5.75 Å². The fraction of sp³-hybridized carbons (Fsp3) is 0.625. The second-order valence-electron chi connectivity index (χ2n) is 5.76. The van der Waals surface area contributed by atoms with Crippen LogP contribution in [0.2, 0.25) is 0 Å². The van der Waals surface area contributed by atoms with Crippen molar-refractivity contribution in [2.45, 2.75) is 33.6 Å². The number of ether oxygens (including phenoxy) is 1. The maximum absolute atomic E-state index is 5.97. The highest BCUT2D eigenvalue weighted by Gasteiger charge is 2.23. The van der Waals surface area contributed by atoms with Gasteiger partial charge in [-0.3, -0.25) is 0 Å². The van der Waals surface area contributed by atoms with Crippen LogP contribution in [0.5, 0.6) is 5.75 Å². The number of hydrogen-bond donors (Lipinski definition) is 1. The van der Waals surface area contributed by atoms with Gasteiger partial charge < -0.3 is 15.4 Å². The molecule has 2 N–H and O–H groups in total. The largest absolute Gasteiger partial charge is 0.491 e. The number of hydrogen-bond acceptors (Lipinski definition) is 3. The third kappa shape index (κ3) is 3.34. The summed E-state index contributed by atoms with van der Waals surface area (Å²) >= 11 is 0. The Morgan fingerprint density at radius 2 is 2.11 bits per heavy atom. The minimum absolute atomic E-state index is 0.723. The summed E-state index contributed by atoms with van der Waals surface area (Å²) in [6.45, 7) is 9.76. The van der Waals surface area contributed by atoms with Gasteiger partial charge in [-0.15, -0.1) is 0 Å². The molecule has 2 unspecified atom stereocenters. The fourth-order valence-corrected chi connectivity index (χ4v) is 2.55. The van der Waals surface area contributed by atoms with E-state index in [1.807, 2.05) is 6.07 Å². The lowest BCUT2D eigenvalue weighted by molar-refractivity contribution is 0.316. The van der Waals surface area contributed by atoms with Crippen molar-refractivity contribution >= 4 is 11.4 Å². The summed E-state index contributed by atoms with van der Waals surface area (Å²) < 4.78 is 5.71. The van der Waals surface area contributed by atoms with Crippen LogP contribution in [0, 0.1) is 11.8 Å². The standard InChI is InChI=1S/C16H26N2O/c1-4-9-19-16-10-14(5-6-15(16)17)18-8-7-12(2)13(3)11-18/h5-6,10,12-13H,4,7-9,11,17H2,1-3H3. The smallest absolute Gasteiger partial charge is 0.144 e. The van der Waals surface area contributed by atoms with Gasteiger partial charge in [-0.2, -0.15) is 0 Å². The van der Waals surface area contributed by atoms with Crippen molar-refractivity contribution in [3.8, 4) is 5.75 Å². The number of nitrogens with two attached hydrogens (primary N) is 1. The Morgan fingerprint density at radius 1 is 1.32 bits per heavy atom. The van der Waals surface area contributed by atoms with Crippen molar-refractivity contribution in [3.05, 3.63) is 18.2 Å². The molecule has 3 nitrogen and oxygen atoms in total. The zero-order valence-corrected chi connectivity index (χ0v) is 12.4. The Kier molecular flexibility index (Phi) is 4.56. The van der Waals surface area contributed by atoms with Gasteiger partial charge >= 0.3 is 0 Å². The van der Waals surface area contributed by atoms with Crippen molar-refractivity contribution in [2.75, 3.05) is 30.3 Å². The van der Waals surface area contributed by atoms with E-state index in [0.29, 0.717) is 0 Å². The Balaban J connectivity index is 2.11. The molecular formula is C16H26N2O. The number of piperidine rings is 1. The van der Waals surface area contributed by atoms with Crippen LogP contribution in [-0.4, -0.2) is 19.7 Å². The van der Waals surface area contributed by atoms with Crippen LogP contribution >= 0.6 is 0 Å². The molecule has 19 heavy (non-hydrogen) atoms. The molecule has 1 aliphatic rings. The molecule has 0 spiro atoms. The topological polar surface area (TPSA) is 38.5 Å². The number of anilines is 2. The quantitative estimate of drug-likeness (QED) is 0.843. The van der Waals surface area contributed by atoms with Crippen molar-refractivity contribution in [3.63, 3.8) is 0 Å². The number of benzene rings is 1. The summed E-state index contributed by atoms with van der Waals surface area (Å²) in [5.74, 6) is 2.39. The van der Waals surface area contributed by atoms with E-state index in [9.17, 15) is 0 Å². The third-order valence-electron chi connectivity index (χ3n) is 4.16. The van der Waals surface area contributed by atoms with E-state index in [0.717, 1.165) is 49.4 Å². The minimum atomic E-state index is 0.723. The molecule has 0 radical (unpaired) electrons. The molecule has 0 aliphatic carbocycles. The zero-order valence-electron chi connectivity index (χ0n) is 12.4. The highest BCUT2D eigenvalue weighted by molar-refractivity contribution is 5.62. The van der Waals surface area contributed by atoms with Gasteiger partial charge in [0.05, 0.1) is 12.3 Å². The van der Waals surface area contributed by atoms with Crippen molar-refractivity contribution in [2.24, 2.45) is 11.8 Å². The summed E-state index contributed by atoms with van der Waals surface area (Å²) in [5.41, 5.74) is 7.93. The zero-order chi connectivity index (χ0) is 13.8. The van der Waals surface area contributed by atoms with Crippen LogP contribution in [0.1, 0.15) is 33.6 Å². The van der Waals surface area contributed by atoms with Crippen LogP contribution in [0.4, 0.5) is 11.4 Å². The molecule has 106 valence electrons. The molecule has 2 atom stereocenters. The molecule has 1 saturated heterocycles. The van der Waals surface area contributed by atoms with E-state index in [2.05, 4.69) is 37.8 Å². The Hall–Kier alpha value is -1.38. The van der Waals surface area contributed by atoms with Crippen molar-refractivity contribution in [1.82, 2.24) is 0 Å². The minimum Gasteiger partial charge on any atom is -0.491 e. The lowest BCUT2D eigenvalue weighted by Crippen LogP contribution is -2.38. The van der Waals surface area contributed by atoms with E-state index in [1.54, 1.807) is 0 Å². The van der Waals surface area contributed by atoms with Gasteiger partial charge in [-0.25, -0.2) is 0 Å². The first-order valence-corrected chi connectivity index (χ1v) is 7.39. The highest BCUT2D eigenvalue weighted by atomic mass is 16.5. The highest BCUT2D eigenvalue weighted by Crippen LogP contribution is 2.31. The second-order valence-corrected chi connectivity index (χ2v) is 5.76. The summed E-state index contributed by atoms with van der Waals surface area (Å²) in [4.78, 5) is 2.45. The second kappa shape index (κ2) is 6.18. The van der Waals surface area contributed by atoms with E-state index in [1.165, 1.54) is 12.1 Å². The monoisotopic (exact) mass is 262 g/mol. The third-order valence-corrected chi connectivity index (χ3v) is 4.16. The molecule has 2 rings (SSSR count).